The van der Waals surface area contributed by atoms with E-state index in [0.717, 1.165) is 4.90 Å². The molecule has 0 aromatic heterocycles. The van der Waals surface area contributed by atoms with Crippen molar-refractivity contribution in [1.82, 2.24) is 4.31 Å². The fraction of sp³-hybridized carbons (Fsp3) is 0.125. The lowest BCUT2D eigenvalue weighted by Gasteiger charge is -2.08. The van der Waals surface area contributed by atoms with Crippen LogP contribution in [-0.2, 0) is 0 Å². The van der Waals surface area contributed by atoms with Crippen LogP contribution in [0.4, 0.5) is 0 Å². The summed E-state index contributed by atoms with van der Waals surface area (Å²) in [6.45, 7) is 0. The highest BCUT2D eigenvalue weighted by Gasteiger charge is 2.18. The Hall–Kier alpha value is -1.56. The van der Waals surface area contributed by atoms with Gasteiger partial charge in [0.1, 0.15) is 0 Å². The summed E-state index contributed by atoms with van der Waals surface area (Å²) in [7, 11) is 7.01. The first-order valence-electron chi connectivity index (χ1n) is 6.34. The second-order valence-electron chi connectivity index (χ2n) is 4.52. The van der Waals surface area contributed by atoms with Crippen molar-refractivity contribution < 1.29 is 9.59 Å². The lowest BCUT2D eigenvalue weighted by molar-refractivity contribution is 0.0817. The largest absolute Gasteiger partial charge is 0.285 e. The number of Topliss-reactive ketones (excluding diaryl/α,β-unsaturated/α-hetero) is 2. The SMILES string of the molecule is CN(C)SSc1cccc(C(=O)C(=O)c2ccccc2)c1. The molecule has 2 rings (SSSR count). The Bertz CT molecular complexity index is 642. The molecule has 21 heavy (non-hydrogen) atoms. The molecule has 0 heterocycles. The standard InChI is InChI=1S/C16H15NO2S2/c1-17(2)21-20-14-10-6-9-13(11-14)16(19)15(18)12-7-4-3-5-8-12/h3-11H,1-2H3. The molecule has 108 valence electrons. The van der Waals surface area contributed by atoms with Crippen molar-refractivity contribution in [2.75, 3.05) is 14.1 Å². The molecule has 0 radical (unpaired) electrons. The van der Waals surface area contributed by atoms with Crippen LogP contribution in [-0.4, -0.2) is 30.0 Å². The molecule has 2 aromatic rings. The van der Waals surface area contributed by atoms with Gasteiger partial charge < -0.3 is 0 Å². The third-order valence-electron chi connectivity index (χ3n) is 2.62. The molecule has 2 aromatic carbocycles. The predicted octanol–water partition coefficient (Wildman–Crippen LogP) is 3.97. The Labute approximate surface area is 132 Å². The minimum absolute atomic E-state index is 0.420. The van der Waals surface area contributed by atoms with E-state index in [-0.39, 0.29) is 0 Å². The molecule has 0 aliphatic heterocycles. The molecule has 0 atom stereocenters. The maximum atomic E-state index is 12.3. The third kappa shape index (κ3) is 4.46. The van der Waals surface area contributed by atoms with Crippen molar-refractivity contribution >= 4 is 33.3 Å². The van der Waals surface area contributed by atoms with E-state index < -0.39 is 11.6 Å². The molecule has 0 saturated carbocycles. The van der Waals surface area contributed by atoms with Crippen molar-refractivity contribution in [2.45, 2.75) is 4.90 Å². The summed E-state index contributed by atoms with van der Waals surface area (Å²) in [6, 6.07) is 15.8. The van der Waals surface area contributed by atoms with E-state index in [2.05, 4.69) is 0 Å². The van der Waals surface area contributed by atoms with Crippen LogP contribution in [0.5, 0.6) is 0 Å². The predicted molar refractivity (Wildman–Crippen MR) is 88.7 cm³/mol. The molecule has 0 unspecified atom stereocenters. The van der Waals surface area contributed by atoms with E-state index in [4.69, 9.17) is 0 Å². The van der Waals surface area contributed by atoms with Crippen LogP contribution in [0.15, 0.2) is 59.5 Å². The van der Waals surface area contributed by atoms with Crippen molar-refractivity contribution in [3.63, 3.8) is 0 Å². The quantitative estimate of drug-likeness (QED) is 0.349. The molecule has 0 N–H and O–H groups in total. The molecule has 5 heteroatoms. The monoisotopic (exact) mass is 317 g/mol. The first-order valence-corrected chi connectivity index (χ1v) is 8.44. The van der Waals surface area contributed by atoms with Crippen LogP contribution < -0.4 is 0 Å². The Morgan fingerprint density at radius 1 is 0.857 bits per heavy atom. The van der Waals surface area contributed by atoms with E-state index in [9.17, 15) is 9.59 Å². The van der Waals surface area contributed by atoms with Gasteiger partial charge in [0, 0.05) is 16.0 Å². The van der Waals surface area contributed by atoms with Crippen LogP contribution in [0.2, 0.25) is 0 Å². The fourth-order valence-electron chi connectivity index (χ4n) is 1.66. The number of carbonyl (C=O) groups excluding carboxylic acids is 2. The molecule has 0 aliphatic rings. The van der Waals surface area contributed by atoms with E-state index in [1.54, 1.807) is 64.2 Å². The highest BCUT2D eigenvalue weighted by atomic mass is 33.1. The summed E-state index contributed by atoms with van der Waals surface area (Å²) >= 11 is 0. The van der Waals surface area contributed by atoms with Gasteiger partial charge in [-0.05, 0) is 48.0 Å². The molecule has 0 aliphatic carbocycles. The molecule has 0 spiro atoms. The Morgan fingerprint density at radius 2 is 1.48 bits per heavy atom. The maximum Gasteiger partial charge on any atom is 0.233 e. The number of rotatable bonds is 6. The van der Waals surface area contributed by atoms with Crippen molar-refractivity contribution in [2.24, 2.45) is 0 Å². The van der Waals surface area contributed by atoms with Gasteiger partial charge in [-0.25, -0.2) is 4.31 Å². The van der Waals surface area contributed by atoms with Crippen LogP contribution in [0.3, 0.4) is 0 Å². The highest BCUT2D eigenvalue weighted by Crippen LogP contribution is 2.32. The van der Waals surface area contributed by atoms with Gasteiger partial charge in [-0.1, -0.05) is 42.5 Å². The van der Waals surface area contributed by atoms with Crippen LogP contribution in [0, 0.1) is 0 Å². The van der Waals surface area contributed by atoms with E-state index in [1.165, 1.54) is 0 Å². The lowest BCUT2D eigenvalue weighted by atomic mass is 10.0. The van der Waals surface area contributed by atoms with Crippen LogP contribution in [0.1, 0.15) is 20.7 Å². The van der Waals surface area contributed by atoms with Crippen molar-refractivity contribution in [1.29, 1.82) is 0 Å². The third-order valence-corrected chi connectivity index (χ3v) is 5.14. The highest BCUT2D eigenvalue weighted by molar-refractivity contribution is 8.75. The summed E-state index contributed by atoms with van der Waals surface area (Å²) in [5, 5.41) is 0. The van der Waals surface area contributed by atoms with E-state index in [0.29, 0.717) is 11.1 Å². The second-order valence-corrected chi connectivity index (χ2v) is 6.99. The summed E-state index contributed by atoms with van der Waals surface area (Å²) in [5.74, 6) is -0.948. The van der Waals surface area contributed by atoms with Crippen LogP contribution in [0.25, 0.3) is 0 Å². The van der Waals surface area contributed by atoms with E-state index >= 15 is 0 Å². The Balaban J connectivity index is 2.16. The first kappa shape index (κ1) is 15.8. The zero-order valence-electron chi connectivity index (χ0n) is 11.8. The minimum atomic E-state index is -0.474. The normalized spacial score (nSPS) is 10.6. The first-order chi connectivity index (χ1) is 10.1. The Morgan fingerprint density at radius 3 is 2.14 bits per heavy atom. The van der Waals surface area contributed by atoms with Gasteiger partial charge in [0.15, 0.2) is 0 Å². The van der Waals surface area contributed by atoms with Crippen molar-refractivity contribution in [3.05, 3.63) is 65.7 Å². The zero-order chi connectivity index (χ0) is 15.2. The smallest absolute Gasteiger partial charge is 0.233 e. The van der Waals surface area contributed by atoms with Gasteiger partial charge in [-0.15, -0.1) is 0 Å². The average Bonchev–Trinajstić information content (AvgIpc) is 2.52. The number of ketones is 2. The minimum Gasteiger partial charge on any atom is -0.285 e. The molecule has 3 nitrogen and oxygen atoms in total. The molecule has 0 amide bonds. The van der Waals surface area contributed by atoms with Crippen molar-refractivity contribution in [3.8, 4) is 0 Å². The summed E-state index contributed by atoms with van der Waals surface area (Å²) in [4.78, 5) is 25.4. The second kappa shape index (κ2) is 7.45. The zero-order valence-corrected chi connectivity index (χ0v) is 13.4. The van der Waals surface area contributed by atoms with E-state index in [1.807, 2.05) is 30.5 Å². The number of benzene rings is 2. The van der Waals surface area contributed by atoms with Crippen LogP contribution >= 0.6 is 21.8 Å². The van der Waals surface area contributed by atoms with Gasteiger partial charge in [-0.2, -0.15) is 0 Å². The molecule has 0 saturated heterocycles. The average molecular weight is 317 g/mol. The number of carbonyl (C=O) groups is 2. The number of nitrogens with zero attached hydrogens (tertiary/aromatic N) is 1. The molecular weight excluding hydrogens is 302 g/mol. The Kier molecular flexibility index (Phi) is 5.61. The van der Waals surface area contributed by atoms with Gasteiger partial charge in [0.25, 0.3) is 0 Å². The number of hydrogen-bond acceptors (Lipinski definition) is 5. The van der Waals surface area contributed by atoms with Gasteiger partial charge in [0.2, 0.25) is 11.6 Å². The summed E-state index contributed by atoms with van der Waals surface area (Å²) < 4.78 is 1.97. The summed E-state index contributed by atoms with van der Waals surface area (Å²) in [6.07, 6.45) is 0. The van der Waals surface area contributed by atoms with Gasteiger partial charge in [-0.3, -0.25) is 9.59 Å². The molecule has 0 fully saturated rings. The number of hydrogen-bond donors (Lipinski definition) is 0. The fourth-order valence-corrected chi connectivity index (χ4v) is 3.22. The van der Waals surface area contributed by atoms with Gasteiger partial charge >= 0.3 is 0 Å². The van der Waals surface area contributed by atoms with Gasteiger partial charge in [0.05, 0.1) is 0 Å². The lowest BCUT2D eigenvalue weighted by Crippen LogP contribution is -2.14. The summed E-state index contributed by atoms with van der Waals surface area (Å²) in [5.41, 5.74) is 0.844. The molecular formula is C16H15NO2S2. The molecule has 0 bridgehead atoms. The maximum absolute atomic E-state index is 12.3. The topological polar surface area (TPSA) is 37.4 Å².